The molecule has 1 saturated heterocycles. The number of non-ortho nitro benzene ring substituents is 1. The minimum Gasteiger partial charge on any atom is -0.504 e. The largest absolute Gasteiger partial charge is 0.504 e. The van der Waals surface area contributed by atoms with Crippen molar-refractivity contribution in [1.29, 1.82) is 0 Å². The zero-order valence-electron chi connectivity index (χ0n) is 14.1. The van der Waals surface area contributed by atoms with Gasteiger partial charge in [-0.3, -0.25) is 15.0 Å². The molecule has 0 radical (unpaired) electrons. The van der Waals surface area contributed by atoms with Crippen molar-refractivity contribution in [1.82, 2.24) is 10.2 Å². The maximum atomic E-state index is 11.2. The van der Waals surface area contributed by atoms with Gasteiger partial charge >= 0.3 is 0 Å². The number of benzene rings is 1. The molecule has 0 aromatic heterocycles. The van der Waals surface area contributed by atoms with Gasteiger partial charge in [-0.15, -0.1) is 31.4 Å². The van der Waals surface area contributed by atoms with E-state index in [2.05, 4.69) is 16.8 Å². The third-order valence-corrected chi connectivity index (χ3v) is 4.12. The molecule has 0 saturated carbocycles. The summed E-state index contributed by atoms with van der Waals surface area (Å²) in [7, 11) is 1.39. The van der Waals surface area contributed by atoms with E-state index >= 15 is 0 Å². The molecule has 0 aliphatic carbocycles. The highest BCUT2D eigenvalue weighted by molar-refractivity contribution is 5.85. The number of halogens is 2. The smallest absolute Gasteiger partial charge is 0.273 e. The lowest BCUT2D eigenvalue weighted by atomic mass is 9.97. The van der Waals surface area contributed by atoms with E-state index in [4.69, 9.17) is 4.74 Å². The van der Waals surface area contributed by atoms with E-state index in [1.165, 1.54) is 19.2 Å². The summed E-state index contributed by atoms with van der Waals surface area (Å²) >= 11 is 0. The summed E-state index contributed by atoms with van der Waals surface area (Å²) in [6, 6.07) is 2.60. The van der Waals surface area contributed by atoms with Crippen LogP contribution in [0.3, 0.4) is 0 Å². The van der Waals surface area contributed by atoms with Crippen LogP contribution < -0.4 is 10.1 Å². The average Bonchev–Trinajstić information content (AvgIpc) is 2.57. The van der Waals surface area contributed by atoms with Crippen LogP contribution in [0.25, 0.3) is 0 Å². The fourth-order valence-electron chi connectivity index (χ4n) is 2.93. The molecule has 25 heavy (non-hydrogen) atoms. The summed E-state index contributed by atoms with van der Waals surface area (Å²) < 4.78 is 5.11. The van der Waals surface area contributed by atoms with Gasteiger partial charge in [0.2, 0.25) is 0 Å². The van der Waals surface area contributed by atoms with Gasteiger partial charge in [-0.25, -0.2) is 0 Å². The molecule has 1 aliphatic heterocycles. The highest BCUT2D eigenvalue weighted by atomic mass is 35.5. The summed E-state index contributed by atoms with van der Waals surface area (Å²) in [5.41, 5.74) is 0.466. The number of nitro groups is 1. The molecule has 142 valence electrons. The van der Waals surface area contributed by atoms with E-state index < -0.39 is 4.92 Å². The standard InChI is InChI=1S/C16H23N3O4.2ClH/c1-3-4-5-14(18-8-6-17-7-9-18)13-10-12(19(21)22)11-15(23-2)16(13)20;;/h3,10-11,14,17,20H,1,4-9H2,2H3;2*1H/t14-;;/m1../s1. The van der Waals surface area contributed by atoms with Crippen molar-refractivity contribution in [2.75, 3.05) is 33.3 Å². The lowest BCUT2D eigenvalue weighted by molar-refractivity contribution is -0.385. The van der Waals surface area contributed by atoms with Crippen LogP contribution in [0.15, 0.2) is 24.8 Å². The van der Waals surface area contributed by atoms with Crippen molar-refractivity contribution in [2.45, 2.75) is 18.9 Å². The van der Waals surface area contributed by atoms with Gasteiger partial charge in [0, 0.05) is 43.9 Å². The van der Waals surface area contributed by atoms with Gasteiger partial charge in [0.1, 0.15) is 0 Å². The maximum Gasteiger partial charge on any atom is 0.273 e. The van der Waals surface area contributed by atoms with E-state index in [0.29, 0.717) is 5.56 Å². The topological polar surface area (TPSA) is 87.9 Å². The van der Waals surface area contributed by atoms with Crippen LogP contribution in [-0.2, 0) is 0 Å². The number of allylic oxidation sites excluding steroid dienone is 1. The van der Waals surface area contributed by atoms with Gasteiger partial charge in [-0.2, -0.15) is 0 Å². The number of phenolic OH excluding ortho intramolecular Hbond substituents is 1. The number of methoxy groups -OCH3 is 1. The van der Waals surface area contributed by atoms with Crippen LogP contribution >= 0.6 is 24.8 Å². The second-order valence-corrected chi connectivity index (χ2v) is 5.51. The van der Waals surface area contributed by atoms with Crippen LogP contribution in [0.2, 0.25) is 0 Å². The zero-order valence-corrected chi connectivity index (χ0v) is 15.8. The zero-order chi connectivity index (χ0) is 16.8. The highest BCUT2D eigenvalue weighted by Crippen LogP contribution is 2.41. The Morgan fingerprint density at radius 1 is 1.44 bits per heavy atom. The highest BCUT2D eigenvalue weighted by Gasteiger charge is 2.28. The number of ether oxygens (including phenoxy) is 1. The molecule has 0 unspecified atom stereocenters. The third-order valence-electron chi connectivity index (χ3n) is 4.12. The average molecular weight is 394 g/mol. The Labute approximate surface area is 160 Å². The van der Waals surface area contributed by atoms with Gasteiger partial charge < -0.3 is 15.2 Å². The van der Waals surface area contributed by atoms with Crippen LogP contribution in [0.4, 0.5) is 5.69 Å². The molecule has 0 amide bonds. The fraction of sp³-hybridized carbons (Fsp3) is 0.500. The Morgan fingerprint density at radius 3 is 2.60 bits per heavy atom. The molecule has 1 aliphatic rings. The van der Waals surface area contributed by atoms with Crippen molar-refractivity contribution in [2.24, 2.45) is 0 Å². The van der Waals surface area contributed by atoms with Gasteiger partial charge in [-0.1, -0.05) is 6.08 Å². The summed E-state index contributed by atoms with van der Waals surface area (Å²) in [5.74, 6) is 0.110. The minimum absolute atomic E-state index is 0. The van der Waals surface area contributed by atoms with E-state index in [1.54, 1.807) is 0 Å². The number of rotatable bonds is 7. The second-order valence-electron chi connectivity index (χ2n) is 5.51. The van der Waals surface area contributed by atoms with Crippen molar-refractivity contribution in [3.8, 4) is 11.5 Å². The van der Waals surface area contributed by atoms with Gasteiger partial charge in [0.15, 0.2) is 11.5 Å². The number of piperazine rings is 1. The van der Waals surface area contributed by atoms with Gasteiger partial charge in [-0.05, 0) is 12.8 Å². The number of nitrogens with zero attached hydrogens (tertiary/aromatic N) is 2. The first kappa shape index (κ1) is 23.5. The summed E-state index contributed by atoms with van der Waals surface area (Å²) in [6.07, 6.45) is 3.32. The lowest BCUT2D eigenvalue weighted by Crippen LogP contribution is -2.45. The Morgan fingerprint density at radius 2 is 2.08 bits per heavy atom. The third kappa shape index (κ3) is 5.74. The quantitative estimate of drug-likeness (QED) is 0.420. The van der Waals surface area contributed by atoms with Crippen LogP contribution in [0.5, 0.6) is 11.5 Å². The van der Waals surface area contributed by atoms with E-state index in [0.717, 1.165) is 39.0 Å². The lowest BCUT2D eigenvalue weighted by Gasteiger charge is -2.35. The fourth-order valence-corrected chi connectivity index (χ4v) is 2.93. The van der Waals surface area contributed by atoms with E-state index in [9.17, 15) is 15.2 Å². The Balaban J connectivity index is 0.00000288. The van der Waals surface area contributed by atoms with Gasteiger partial charge in [0.05, 0.1) is 18.1 Å². The Kier molecular flexibility index (Phi) is 10.5. The first-order valence-electron chi connectivity index (χ1n) is 7.69. The van der Waals surface area contributed by atoms with Crippen LogP contribution in [0.1, 0.15) is 24.4 Å². The molecule has 7 nitrogen and oxygen atoms in total. The first-order valence-corrected chi connectivity index (χ1v) is 7.69. The number of aromatic hydroxyl groups is 1. The van der Waals surface area contributed by atoms with E-state index in [1.807, 2.05) is 6.08 Å². The minimum atomic E-state index is -0.465. The van der Waals surface area contributed by atoms with Crippen LogP contribution in [0, 0.1) is 10.1 Å². The number of nitro benzene ring substituents is 1. The predicted molar refractivity (Wildman–Crippen MR) is 102 cm³/mol. The molecule has 2 N–H and O–H groups in total. The molecular formula is C16H25Cl2N3O4. The molecule has 1 aromatic carbocycles. The molecule has 9 heteroatoms. The van der Waals surface area contributed by atoms with Gasteiger partial charge in [0.25, 0.3) is 5.69 Å². The number of phenols is 1. The number of hydrogen-bond donors (Lipinski definition) is 2. The molecule has 2 rings (SSSR count). The molecule has 1 atom stereocenters. The van der Waals surface area contributed by atoms with Crippen molar-refractivity contribution >= 4 is 30.5 Å². The SMILES string of the molecule is C=CCC[C@H](c1cc([N+](=O)[O-])cc(OC)c1O)N1CCNCC1.Cl.Cl. The van der Waals surface area contributed by atoms with Crippen molar-refractivity contribution < 1.29 is 14.8 Å². The van der Waals surface area contributed by atoms with Crippen molar-refractivity contribution in [3.63, 3.8) is 0 Å². The molecule has 1 heterocycles. The summed E-state index contributed by atoms with van der Waals surface area (Å²) in [5, 5.41) is 24.9. The first-order chi connectivity index (χ1) is 11.1. The molecule has 1 aromatic rings. The Bertz CT molecular complexity index is 581. The monoisotopic (exact) mass is 393 g/mol. The predicted octanol–water partition coefficient (Wildman–Crippen LogP) is 3.07. The molecule has 0 bridgehead atoms. The Hall–Kier alpha value is -1.54. The number of nitrogens with one attached hydrogen (secondary N) is 1. The normalized spacial score (nSPS) is 15.4. The summed E-state index contributed by atoms with van der Waals surface area (Å²) in [4.78, 5) is 12.9. The molecule has 1 fully saturated rings. The second kappa shape index (κ2) is 11.1. The summed E-state index contributed by atoms with van der Waals surface area (Å²) in [6.45, 7) is 7.12. The van der Waals surface area contributed by atoms with Crippen molar-refractivity contribution in [3.05, 3.63) is 40.5 Å². The molecular weight excluding hydrogens is 369 g/mol. The maximum absolute atomic E-state index is 11.2. The van der Waals surface area contributed by atoms with E-state index in [-0.39, 0.29) is 48.0 Å². The van der Waals surface area contributed by atoms with Crippen LogP contribution in [-0.4, -0.2) is 48.2 Å². The molecule has 0 spiro atoms. The number of hydrogen-bond acceptors (Lipinski definition) is 6.